The minimum Gasteiger partial charge on any atom is -0.381 e. The van der Waals surface area contributed by atoms with Crippen LogP contribution in [0.2, 0.25) is 0 Å². The molecule has 0 saturated carbocycles. The van der Waals surface area contributed by atoms with Gasteiger partial charge in [0.25, 0.3) is 5.91 Å². The Morgan fingerprint density at radius 2 is 1.92 bits per heavy atom. The predicted octanol–water partition coefficient (Wildman–Crippen LogP) is 4.08. The van der Waals surface area contributed by atoms with Crippen molar-refractivity contribution >= 4 is 17.2 Å². The molecule has 2 fully saturated rings. The Labute approximate surface area is 158 Å². The lowest BCUT2D eigenvalue weighted by molar-refractivity contribution is 0.0487. The molecule has 2 aliphatic heterocycles. The third kappa shape index (κ3) is 3.70. The van der Waals surface area contributed by atoms with Crippen molar-refractivity contribution in [3.05, 3.63) is 57.8 Å². The molecule has 1 aromatic carbocycles. The van der Waals surface area contributed by atoms with E-state index in [2.05, 4.69) is 29.6 Å². The first kappa shape index (κ1) is 17.7. The van der Waals surface area contributed by atoms with E-state index in [0.717, 1.165) is 55.3 Å². The Morgan fingerprint density at radius 1 is 1.12 bits per heavy atom. The van der Waals surface area contributed by atoms with E-state index in [1.807, 2.05) is 18.2 Å². The highest BCUT2D eigenvalue weighted by Crippen LogP contribution is 2.35. The highest BCUT2D eigenvalue weighted by molar-refractivity contribution is 7.14. The summed E-state index contributed by atoms with van der Waals surface area (Å²) in [4.78, 5) is 14.6. The third-order valence-electron chi connectivity index (χ3n) is 5.52. The van der Waals surface area contributed by atoms with Gasteiger partial charge in [0.2, 0.25) is 0 Å². The van der Waals surface area contributed by atoms with Gasteiger partial charge in [-0.25, -0.2) is 0 Å². The largest absolute Gasteiger partial charge is 0.381 e. The molecule has 26 heavy (non-hydrogen) atoms. The number of amides is 1. The van der Waals surface area contributed by atoms with E-state index in [0.29, 0.717) is 6.54 Å². The molecule has 1 atom stereocenters. The van der Waals surface area contributed by atoms with Crippen molar-refractivity contribution in [2.45, 2.75) is 37.2 Å². The van der Waals surface area contributed by atoms with Crippen molar-refractivity contribution in [1.29, 1.82) is 0 Å². The molecule has 4 rings (SSSR count). The van der Waals surface area contributed by atoms with Crippen LogP contribution in [0.4, 0.5) is 0 Å². The van der Waals surface area contributed by atoms with Crippen LogP contribution in [0.3, 0.4) is 0 Å². The summed E-state index contributed by atoms with van der Waals surface area (Å²) in [7, 11) is 0. The first-order valence-electron chi connectivity index (χ1n) is 9.40. The molecule has 0 aliphatic carbocycles. The number of nitrogens with one attached hydrogen (secondary N) is 1. The van der Waals surface area contributed by atoms with Crippen molar-refractivity contribution in [2.24, 2.45) is 0 Å². The number of thiophene rings is 1. The molecule has 1 aromatic heterocycles. The summed E-state index contributed by atoms with van der Waals surface area (Å²) < 4.78 is 11.3. The van der Waals surface area contributed by atoms with E-state index in [1.54, 1.807) is 11.3 Å². The molecule has 1 amide bonds. The smallest absolute Gasteiger partial charge is 0.261 e. The third-order valence-corrected chi connectivity index (χ3v) is 6.70. The Morgan fingerprint density at radius 3 is 2.65 bits per heavy atom. The molecule has 1 unspecified atom stereocenters. The summed E-state index contributed by atoms with van der Waals surface area (Å²) in [6.45, 7) is 2.96. The summed E-state index contributed by atoms with van der Waals surface area (Å²) in [6, 6.07) is 14.5. The highest BCUT2D eigenvalue weighted by Gasteiger charge is 2.35. The first-order chi connectivity index (χ1) is 12.8. The average molecular weight is 372 g/mol. The van der Waals surface area contributed by atoms with E-state index in [9.17, 15) is 4.79 Å². The Hall–Kier alpha value is -1.69. The van der Waals surface area contributed by atoms with Crippen LogP contribution in [0.25, 0.3) is 0 Å². The van der Waals surface area contributed by atoms with Crippen LogP contribution in [0.5, 0.6) is 0 Å². The van der Waals surface area contributed by atoms with Gasteiger partial charge >= 0.3 is 0 Å². The van der Waals surface area contributed by atoms with Gasteiger partial charge in [-0.3, -0.25) is 4.79 Å². The molecule has 0 bridgehead atoms. The van der Waals surface area contributed by atoms with Gasteiger partial charge in [0.05, 0.1) is 11.0 Å². The van der Waals surface area contributed by atoms with Gasteiger partial charge in [0.1, 0.15) is 0 Å². The monoisotopic (exact) mass is 371 g/mol. The lowest BCUT2D eigenvalue weighted by Gasteiger charge is -2.37. The second-order valence-corrected chi connectivity index (χ2v) is 8.26. The number of hydrogen-bond donors (Lipinski definition) is 1. The van der Waals surface area contributed by atoms with Gasteiger partial charge in [0, 0.05) is 36.7 Å². The number of carbonyl (C=O) groups is 1. The van der Waals surface area contributed by atoms with E-state index < -0.39 is 0 Å². The Balaban J connectivity index is 1.45. The fourth-order valence-corrected chi connectivity index (χ4v) is 4.92. The van der Waals surface area contributed by atoms with Crippen LogP contribution in [0, 0.1) is 0 Å². The maximum Gasteiger partial charge on any atom is 0.261 e. The van der Waals surface area contributed by atoms with Gasteiger partial charge in [0.15, 0.2) is 0 Å². The van der Waals surface area contributed by atoms with Crippen LogP contribution < -0.4 is 5.32 Å². The maximum atomic E-state index is 12.7. The van der Waals surface area contributed by atoms with E-state index in [1.165, 1.54) is 5.56 Å². The fourth-order valence-electron chi connectivity index (χ4n) is 3.91. The molecule has 5 heteroatoms. The summed E-state index contributed by atoms with van der Waals surface area (Å²) in [5.74, 6) is 0.0149. The molecule has 2 saturated heterocycles. The lowest BCUT2D eigenvalue weighted by atomic mass is 9.74. The molecule has 0 spiro atoms. The van der Waals surface area contributed by atoms with E-state index in [-0.39, 0.29) is 17.4 Å². The molecule has 138 valence electrons. The van der Waals surface area contributed by atoms with E-state index in [4.69, 9.17) is 9.47 Å². The van der Waals surface area contributed by atoms with E-state index >= 15 is 0 Å². The van der Waals surface area contributed by atoms with Crippen LogP contribution in [0.15, 0.2) is 42.5 Å². The SMILES string of the molecule is O=C(NCC1(c2ccccc2)CCOCC1)c1ccc(C2CCCO2)s1. The topological polar surface area (TPSA) is 47.6 Å². The van der Waals surface area contributed by atoms with Crippen molar-refractivity contribution in [3.8, 4) is 0 Å². The lowest BCUT2D eigenvalue weighted by Crippen LogP contribution is -2.44. The van der Waals surface area contributed by atoms with Gasteiger partial charge in [-0.1, -0.05) is 30.3 Å². The molecule has 3 heterocycles. The Bertz CT molecular complexity index is 731. The highest BCUT2D eigenvalue weighted by atomic mass is 32.1. The zero-order valence-electron chi connectivity index (χ0n) is 14.9. The summed E-state index contributed by atoms with van der Waals surface area (Å²) in [5.41, 5.74) is 1.25. The first-order valence-corrected chi connectivity index (χ1v) is 10.2. The average Bonchev–Trinajstić information content (AvgIpc) is 3.39. The van der Waals surface area contributed by atoms with Crippen LogP contribution in [-0.4, -0.2) is 32.3 Å². The second-order valence-electron chi connectivity index (χ2n) is 7.15. The van der Waals surface area contributed by atoms with Gasteiger partial charge < -0.3 is 14.8 Å². The van der Waals surface area contributed by atoms with Crippen molar-refractivity contribution in [2.75, 3.05) is 26.4 Å². The number of rotatable bonds is 5. The quantitative estimate of drug-likeness (QED) is 0.862. The van der Waals surface area contributed by atoms with Crippen molar-refractivity contribution in [1.82, 2.24) is 5.32 Å². The molecule has 2 aromatic rings. The summed E-state index contributed by atoms with van der Waals surface area (Å²) in [5, 5.41) is 3.19. The van der Waals surface area contributed by atoms with Crippen molar-refractivity contribution in [3.63, 3.8) is 0 Å². The normalized spacial score (nSPS) is 22.2. The molecule has 4 nitrogen and oxygen atoms in total. The minimum atomic E-state index is -0.0379. The summed E-state index contributed by atoms with van der Waals surface area (Å²) in [6.07, 6.45) is 4.20. The Kier molecular flexibility index (Phi) is 5.38. The zero-order valence-corrected chi connectivity index (χ0v) is 15.7. The molecular formula is C21H25NO3S. The standard InChI is InChI=1S/C21H25NO3S/c23-20(19-9-8-18(26-19)17-7-4-12-25-17)22-15-21(10-13-24-14-11-21)16-5-2-1-3-6-16/h1-3,5-6,8-9,17H,4,7,10-15H2,(H,22,23). The predicted molar refractivity (Wildman–Crippen MR) is 103 cm³/mol. The molecule has 2 aliphatic rings. The summed E-state index contributed by atoms with van der Waals surface area (Å²) >= 11 is 1.56. The van der Waals surface area contributed by atoms with Crippen LogP contribution >= 0.6 is 11.3 Å². The van der Waals surface area contributed by atoms with Crippen LogP contribution in [-0.2, 0) is 14.9 Å². The van der Waals surface area contributed by atoms with Crippen LogP contribution in [0.1, 0.15) is 51.9 Å². The molecule has 1 N–H and O–H groups in total. The molecular weight excluding hydrogens is 346 g/mol. The van der Waals surface area contributed by atoms with Gasteiger partial charge in [-0.15, -0.1) is 11.3 Å². The second kappa shape index (κ2) is 7.91. The maximum absolute atomic E-state index is 12.7. The number of hydrogen-bond acceptors (Lipinski definition) is 4. The fraction of sp³-hybridized carbons (Fsp3) is 0.476. The minimum absolute atomic E-state index is 0.0149. The van der Waals surface area contributed by atoms with Gasteiger partial charge in [-0.2, -0.15) is 0 Å². The van der Waals surface area contributed by atoms with Gasteiger partial charge in [-0.05, 0) is 43.4 Å². The molecule has 0 radical (unpaired) electrons. The number of benzene rings is 1. The van der Waals surface area contributed by atoms with Crippen molar-refractivity contribution < 1.29 is 14.3 Å². The number of ether oxygens (including phenoxy) is 2. The zero-order chi connectivity index (χ0) is 17.8. The number of carbonyl (C=O) groups excluding carboxylic acids is 1.